The van der Waals surface area contributed by atoms with Crippen LogP contribution in [-0.4, -0.2) is 39.5 Å². The van der Waals surface area contributed by atoms with Gasteiger partial charge in [-0.25, -0.2) is 0 Å². The minimum atomic E-state index is -0.170. The van der Waals surface area contributed by atoms with Crippen LogP contribution in [0, 0.1) is 0 Å². The standard InChI is InChI=1S/C19H20N4O2/c1-3-25-17-11-9-15(10-12-17)14-22(2)19(24)18-13-20-23(21-18)16-7-5-4-6-8-16/h4-13H,3,14H2,1-2H3. The van der Waals surface area contributed by atoms with E-state index in [9.17, 15) is 4.79 Å². The lowest BCUT2D eigenvalue weighted by atomic mass is 10.2. The zero-order valence-corrected chi connectivity index (χ0v) is 14.3. The van der Waals surface area contributed by atoms with Crippen molar-refractivity contribution in [1.82, 2.24) is 19.9 Å². The van der Waals surface area contributed by atoms with E-state index in [0.717, 1.165) is 17.0 Å². The molecule has 0 saturated heterocycles. The topological polar surface area (TPSA) is 60.2 Å². The zero-order chi connectivity index (χ0) is 17.6. The normalized spacial score (nSPS) is 10.5. The van der Waals surface area contributed by atoms with Gasteiger partial charge in [0, 0.05) is 13.6 Å². The van der Waals surface area contributed by atoms with Gasteiger partial charge in [0.1, 0.15) is 5.75 Å². The molecule has 3 aromatic rings. The third-order valence-corrected chi connectivity index (χ3v) is 3.70. The highest BCUT2D eigenvalue weighted by Gasteiger charge is 2.16. The second-order valence-electron chi connectivity index (χ2n) is 5.59. The molecule has 0 radical (unpaired) electrons. The van der Waals surface area contributed by atoms with Crippen molar-refractivity contribution in [2.24, 2.45) is 0 Å². The molecule has 1 amide bonds. The number of hydrogen-bond donors (Lipinski definition) is 0. The van der Waals surface area contributed by atoms with E-state index >= 15 is 0 Å². The van der Waals surface area contributed by atoms with Crippen molar-refractivity contribution in [3.8, 4) is 11.4 Å². The van der Waals surface area contributed by atoms with Crippen molar-refractivity contribution < 1.29 is 9.53 Å². The van der Waals surface area contributed by atoms with Gasteiger partial charge in [-0.15, -0.1) is 5.10 Å². The van der Waals surface area contributed by atoms with Gasteiger partial charge in [-0.3, -0.25) is 4.79 Å². The first-order valence-corrected chi connectivity index (χ1v) is 8.12. The van der Waals surface area contributed by atoms with E-state index in [2.05, 4.69) is 10.2 Å². The molecule has 3 rings (SSSR count). The first-order chi connectivity index (χ1) is 12.2. The monoisotopic (exact) mass is 336 g/mol. The number of rotatable bonds is 6. The first kappa shape index (κ1) is 16.7. The SMILES string of the molecule is CCOc1ccc(CN(C)C(=O)c2cnn(-c3ccccc3)n2)cc1. The lowest BCUT2D eigenvalue weighted by molar-refractivity contribution is 0.0779. The Balaban J connectivity index is 1.67. The third kappa shape index (κ3) is 4.03. The Bertz CT molecular complexity index is 828. The van der Waals surface area contributed by atoms with Crippen LogP contribution >= 0.6 is 0 Å². The highest BCUT2D eigenvalue weighted by Crippen LogP contribution is 2.14. The van der Waals surface area contributed by atoms with Crippen LogP contribution < -0.4 is 4.74 Å². The summed E-state index contributed by atoms with van der Waals surface area (Å²) in [6.07, 6.45) is 1.49. The highest BCUT2D eigenvalue weighted by atomic mass is 16.5. The van der Waals surface area contributed by atoms with Crippen LogP contribution in [0.5, 0.6) is 5.75 Å². The van der Waals surface area contributed by atoms with Gasteiger partial charge in [-0.2, -0.15) is 9.90 Å². The van der Waals surface area contributed by atoms with Crippen LogP contribution in [0.1, 0.15) is 23.0 Å². The van der Waals surface area contributed by atoms with Crippen molar-refractivity contribution in [1.29, 1.82) is 0 Å². The summed E-state index contributed by atoms with van der Waals surface area (Å²) >= 11 is 0. The van der Waals surface area contributed by atoms with E-state index in [1.807, 2.05) is 61.5 Å². The van der Waals surface area contributed by atoms with E-state index in [0.29, 0.717) is 18.8 Å². The minimum absolute atomic E-state index is 0.170. The molecule has 0 atom stereocenters. The third-order valence-electron chi connectivity index (χ3n) is 3.70. The number of amides is 1. The summed E-state index contributed by atoms with van der Waals surface area (Å²) in [6.45, 7) is 3.07. The van der Waals surface area contributed by atoms with E-state index in [4.69, 9.17) is 4.74 Å². The van der Waals surface area contributed by atoms with Crippen molar-refractivity contribution in [2.75, 3.05) is 13.7 Å². The number of para-hydroxylation sites is 1. The molecule has 6 nitrogen and oxygen atoms in total. The summed E-state index contributed by atoms with van der Waals surface area (Å²) in [5, 5.41) is 8.45. The minimum Gasteiger partial charge on any atom is -0.494 e. The Morgan fingerprint density at radius 2 is 1.84 bits per heavy atom. The molecule has 128 valence electrons. The van der Waals surface area contributed by atoms with Crippen LogP contribution in [0.15, 0.2) is 60.8 Å². The van der Waals surface area contributed by atoms with Gasteiger partial charge in [0.05, 0.1) is 18.5 Å². The van der Waals surface area contributed by atoms with Crippen LogP contribution in [0.4, 0.5) is 0 Å². The number of carbonyl (C=O) groups is 1. The fraction of sp³-hybridized carbons (Fsp3) is 0.211. The number of benzene rings is 2. The summed E-state index contributed by atoms with van der Waals surface area (Å²) in [4.78, 5) is 15.6. The number of aromatic nitrogens is 3. The van der Waals surface area contributed by atoms with Gasteiger partial charge in [0.25, 0.3) is 5.91 Å². The van der Waals surface area contributed by atoms with Crippen molar-refractivity contribution in [2.45, 2.75) is 13.5 Å². The quantitative estimate of drug-likeness (QED) is 0.694. The lowest BCUT2D eigenvalue weighted by Crippen LogP contribution is -2.26. The number of carbonyl (C=O) groups excluding carboxylic acids is 1. The zero-order valence-electron chi connectivity index (χ0n) is 14.3. The summed E-state index contributed by atoms with van der Waals surface area (Å²) < 4.78 is 5.43. The molecule has 0 N–H and O–H groups in total. The number of ether oxygens (including phenoxy) is 1. The Kier molecular flexibility index (Phi) is 5.09. The molecule has 0 saturated carbocycles. The largest absolute Gasteiger partial charge is 0.494 e. The average Bonchev–Trinajstić information content (AvgIpc) is 3.14. The molecule has 0 fully saturated rings. The fourth-order valence-corrected chi connectivity index (χ4v) is 2.45. The summed E-state index contributed by atoms with van der Waals surface area (Å²) in [5.74, 6) is 0.655. The molecule has 0 aliphatic rings. The summed E-state index contributed by atoms with van der Waals surface area (Å²) in [7, 11) is 1.75. The average molecular weight is 336 g/mol. The highest BCUT2D eigenvalue weighted by molar-refractivity contribution is 5.91. The van der Waals surface area contributed by atoms with E-state index in [1.54, 1.807) is 11.9 Å². The van der Waals surface area contributed by atoms with Crippen molar-refractivity contribution in [3.63, 3.8) is 0 Å². The molecule has 0 aliphatic carbocycles. The van der Waals surface area contributed by atoms with E-state index in [1.165, 1.54) is 11.0 Å². The molecular weight excluding hydrogens is 316 g/mol. The lowest BCUT2D eigenvalue weighted by Gasteiger charge is -2.16. The fourth-order valence-electron chi connectivity index (χ4n) is 2.45. The van der Waals surface area contributed by atoms with Gasteiger partial charge in [-0.1, -0.05) is 30.3 Å². The van der Waals surface area contributed by atoms with Gasteiger partial charge in [-0.05, 0) is 36.8 Å². The van der Waals surface area contributed by atoms with Gasteiger partial charge < -0.3 is 9.64 Å². The van der Waals surface area contributed by atoms with Crippen LogP contribution in [-0.2, 0) is 6.54 Å². The number of nitrogens with zero attached hydrogens (tertiary/aromatic N) is 4. The summed E-state index contributed by atoms with van der Waals surface area (Å²) in [6, 6.07) is 17.2. The maximum Gasteiger partial charge on any atom is 0.276 e. The Morgan fingerprint density at radius 3 is 2.52 bits per heavy atom. The maximum atomic E-state index is 12.5. The van der Waals surface area contributed by atoms with Crippen LogP contribution in [0.25, 0.3) is 5.69 Å². The second kappa shape index (κ2) is 7.61. The second-order valence-corrected chi connectivity index (χ2v) is 5.59. The van der Waals surface area contributed by atoms with Crippen molar-refractivity contribution in [3.05, 3.63) is 72.1 Å². The van der Waals surface area contributed by atoms with Crippen molar-refractivity contribution >= 4 is 5.91 Å². The Labute approximate surface area is 146 Å². The van der Waals surface area contributed by atoms with Gasteiger partial charge in [0.2, 0.25) is 0 Å². The van der Waals surface area contributed by atoms with Gasteiger partial charge in [0.15, 0.2) is 5.69 Å². The number of hydrogen-bond acceptors (Lipinski definition) is 4. The molecule has 0 aliphatic heterocycles. The molecule has 1 aromatic heterocycles. The Hall–Kier alpha value is -3.15. The summed E-state index contributed by atoms with van der Waals surface area (Å²) in [5.41, 5.74) is 2.16. The smallest absolute Gasteiger partial charge is 0.276 e. The van der Waals surface area contributed by atoms with E-state index < -0.39 is 0 Å². The predicted molar refractivity (Wildman–Crippen MR) is 94.8 cm³/mol. The molecule has 6 heteroatoms. The van der Waals surface area contributed by atoms with E-state index in [-0.39, 0.29) is 5.91 Å². The molecule has 0 bridgehead atoms. The molecule has 0 spiro atoms. The van der Waals surface area contributed by atoms with Crippen LogP contribution in [0.2, 0.25) is 0 Å². The first-order valence-electron chi connectivity index (χ1n) is 8.12. The Morgan fingerprint density at radius 1 is 1.12 bits per heavy atom. The predicted octanol–water partition coefficient (Wildman–Crippen LogP) is 2.94. The van der Waals surface area contributed by atoms with Crippen LogP contribution in [0.3, 0.4) is 0 Å². The molecule has 0 unspecified atom stereocenters. The van der Waals surface area contributed by atoms with Gasteiger partial charge >= 0.3 is 0 Å². The molecule has 25 heavy (non-hydrogen) atoms. The molecular formula is C19H20N4O2. The molecule has 1 heterocycles. The molecule has 2 aromatic carbocycles. The maximum absolute atomic E-state index is 12.5.